The number of aromatic amines is 2. The van der Waals surface area contributed by atoms with Crippen molar-refractivity contribution < 1.29 is 0 Å². The molecule has 2 unspecified atom stereocenters. The van der Waals surface area contributed by atoms with Crippen molar-refractivity contribution in [2.45, 2.75) is 32.6 Å². The Bertz CT molecular complexity index is 626. The molecular weight excluding hydrogens is 226 g/mol. The quantitative estimate of drug-likeness (QED) is 0.808. The van der Waals surface area contributed by atoms with E-state index in [0.29, 0.717) is 11.8 Å². The number of aromatic nitrogens is 3. The van der Waals surface area contributed by atoms with Crippen LogP contribution in [0.25, 0.3) is 11.5 Å². The zero-order chi connectivity index (χ0) is 12.7. The van der Waals surface area contributed by atoms with Crippen molar-refractivity contribution in [3.05, 3.63) is 39.9 Å². The molecule has 0 radical (unpaired) electrons. The molecule has 0 bridgehead atoms. The molecule has 0 aliphatic heterocycles. The van der Waals surface area contributed by atoms with Gasteiger partial charge in [-0.2, -0.15) is 0 Å². The highest BCUT2D eigenvalue weighted by Gasteiger charge is 2.25. The van der Waals surface area contributed by atoms with E-state index in [1.165, 1.54) is 18.2 Å². The molecular formula is C14H17N3O. The summed E-state index contributed by atoms with van der Waals surface area (Å²) >= 11 is 0. The zero-order valence-corrected chi connectivity index (χ0v) is 10.7. The Hall–Kier alpha value is -1.84. The number of H-pyrrole nitrogens is 2. The van der Waals surface area contributed by atoms with Crippen molar-refractivity contribution in [3.63, 3.8) is 0 Å². The molecule has 94 valence electrons. The highest BCUT2D eigenvalue weighted by atomic mass is 16.1. The molecule has 2 atom stereocenters. The minimum Gasteiger partial charge on any atom is -0.340 e. The minimum absolute atomic E-state index is 0.0942. The lowest BCUT2D eigenvalue weighted by atomic mass is 9.84. The van der Waals surface area contributed by atoms with Crippen molar-refractivity contribution in [1.82, 2.24) is 15.0 Å². The zero-order valence-electron chi connectivity index (χ0n) is 10.7. The van der Waals surface area contributed by atoms with E-state index >= 15 is 0 Å². The van der Waals surface area contributed by atoms with Crippen molar-refractivity contribution >= 4 is 0 Å². The summed E-state index contributed by atoms with van der Waals surface area (Å²) in [5.74, 6) is 1.96. The van der Waals surface area contributed by atoms with Crippen LogP contribution in [0.5, 0.6) is 0 Å². The molecule has 4 heteroatoms. The van der Waals surface area contributed by atoms with Gasteiger partial charge in [-0.3, -0.25) is 4.79 Å². The van der Waals surface area contributed by atoms with E-state index in [4.69, 9.17) is 0 Å². The smallest absolute Gasteiger partial charge is 0.248 e. The number of hydrogen-bond donors (Lipinski definition) is 2. The SMILES string of the molecule is CC1Cc2[nH]c(-c3cccc(=O)[nH]3)nc2C(C)C1. The molecule has 1 aliphatic rings. The van der Waals surface area contributed by atoms with Crippen molar-refractivity contribution in [2.75, 3.05) is 0 Å². The van der Waals surface area contributed by atoms with E-state index in [9.17, 15) is 4.79 Å². The second-order valence-corrected chi connectivity index (χ2v) is 5.32. The summed E-state index contributed by atoms with van der Waals surface area (Å²) in [6.07, 6.45) is 2.23. The third kappa shape index (κ3) is 1.88. The molecule has 0 spiro atoms. The van der Waals surface area contributed by atoms with Gasteiger partial charge in [0.15, 0.2) is 5.82 Å². The number of rotatable bonds is 1. The first kappa shape index (κ1) is 11.3. The molecule has 0 aromatic carbocycles. The van der Waals surface area contributed by atoms with Crippen LogP contribution in [0, 0.1) is 5.92 Å². The standard InChI is InChI=1S/C14H17N3O/c1-8-6-9(2)13-11(7-8)16-14(17-13)10-4-3-5-12(18)15-10/h3-5,8-9H,6-7H2,1-2H3,(H,15,18)(H,16,17). The third-order valence-corrected chi connectivity index (χ3v) is 3.61. The fourth-order valence-electron chi connectivity index (χ4n) is 2.85. The minimum atomic E-state index is -0.0942. The van der Waals surface area contributed by atoms with Crippen LogP contribution in [0.3, 0.4) is 0 Å². The maximum Gasteiger partial charge on any atom is 0.248 e. The topological polar surface area (TPSA) is 61.5 Å². The largest absolute Gasteiger partial charge is 0.340 e. The fraction of sp³-hybridized carbons (Fsp3) is 0.429. The Balaban J connectivity index is 2.06. The Kier molecular flexibility index (Phi) is 2.58. The molecule has 4 nitrogen and oxygen atoms in total. The molecule has 0 saturated carbocycles. The van der Waals surface area contributed by atoms with Crippen molar-refractivity contribution in [2.24, 2.45) is 5.92 Å². The Morgan fingerprint density at radius 2 is 2.11 bits per heavy atom. The number of pyridine rings is 1. The Morgan fingerprint density at radius 3 is 2.89 bits per heavy atom. The second kappa shape index (κ2) is 4.12. The first-order valence-electron chi connectivity index (χ1n) is 6.42. The van der Waals surface area contributed by atoms with Crippen LogP contribution in [-0.4, -0.2) is 15.0 Å². The van der Waals surface area contributed by atoms with E-state index in [0.717, 1.165) is 23.6 Å². The molecule has 0 amide bonds. The van der Waals surface area contributed by atoms with Gasteiger partial charge in [0.2, 0.25) is 5.56 Å². The summed E-state index contributed by atoms with van der Waals surface area (Å²) in [4.78, 5) is 22.1. The van der Waals surface area contributed by atoms with Gasteiger partial charge in [0, 0.05) is 17.7 Å². The van der Waals surface area contributed by atoms with E-state index in [-0.39, 0.29) is 5.56 Å². The first-order valence-corrected chi connectivity index (χ1v) is 6.42. The van der Waals surface area contributed by atoms with Crippen LogP contribution >= 0.6 is 0 Å². The van der Waals surface area contributed by atoms with Crippen LogP contribution in [0.1, 0.15) is 37.6 Å². The van der Waals surface area contributed by atoms with Crippen molar-refractivity contribution in [3.8, 4) is 11.5 Å². The Labute approximate surface area is 105 Å². The van der Waals surface area contributed by atoms with Crippen molar-refractivity contribution in [1.29, 1.82) is 0 Å². The molecule has 0 saturated heterocycles. The highest BCUT2D eigenvalue weighted by molar-refractivity contribution is 5.50. The van der Waals surface area contributed by atoms with Gasteiger partial charge in [-0.25, -0.2) is 4.98 Å². The van der Waals surface area contributed by atoms with Crippen LogP contribution in [-0.2, 0) is 6.42 Å². The van der Waals surface area contributed by atoms with Gasteiger partial charge in [0.1, 0.15) is 0 Å². The lowest BCUT2D eigenvalue weighted by Crippen LogP contribution is -2.14. The average molecular weight is 243 g/mol. The molecule has 3 rings (SSSR count). The predicted octanol–water partition coefficient (Wildman–Crippen LogP) is 2.45. The summed E-state index contributed by atoms with van der Waals surface area (Å²) in [7, 11) is 0. The number of nitrogens with one attached hydrogen (secondary N) is 2. The number of fused-ring (bicyclic) bond motifs is 1. The Morgan fingerprint density at radius 1 is 1.28 bits per heavy atom. The third-order valence-electron chi connectivity index (χ3n) is 3.61. The fourth-order valence-corrected chi connectivity index (χ4v) is 2.85. The molecule has 1 aliphatic carbocycles. The maximum absolute atomic E-state index is 11.3. The predicted molar refractivity (Wildman–Crippen MR) is 70.5 cm³/mol. The van der Waals surface area contributed by atoms with E-state index in [1.54, 1.807) is 6.07 Å². The summed E-state index contributed by atoms with van der Waals surface area (Å²) in [5.41, 5.74) is 3.05. The molecule has 0 fully saturated rings. The summed E-state index contributed by atoms with van der Waals surface area (Å²) < 4.78 is 0. The lowest BCUT2D eigenvalue weighted by Gasteiger charge is -2.22. The number of nitrogens with zero attached hydrogens (tertiary/aromatic N) is 1. The number of hydrogen-bond acceptors (Lipinski definition) is 2. The molecule has 2 aromatic heterocycles. The van der Waals surface area contributed by atoms with Gasteiger partial charge in [0.05, 0.1) is 11.4 Å². The number of imidazole rings is 1. The highest BCUT2D eigenvalue weighted by Crippen LogP contribution is 2.34. The van der Waals surface area contributed by atoms with Gasteiger partial charge in [-0.1, -0.05) is 19.9 Å². The normalized spacial score (nSPS) is 22.8. The van der Waals surface area contributed by atoms with Gasteiger partial charge < -0.3 is 9.97 Å². The van der Waals surface area contributed by atoms with E-state index < -0.39 is 0 Å². The van der Waals surface area contributed by atoms with E-state index in [2.05, 4.69) is 28.8 Å². The van der Waals surface area contributed by atoms with Gasteiger partial charge in [0.25, 0.3) is 0 Å². The molecule has 2 N–H and O–H groups in total. The van der Waals surface area contributed by atoms with Gasteiger partial charge in [-0.15, -0.1) is 0 Å². The van der Waals surface area contributed by atoms with Crippen LogP contribution in [0.4, 0.5) is 0 Å². The summed E-state index contributed by atoms with van der Waals surface area (Å²) in [6, 6.07) is 5.14. The second-order valence-electron chi connectivity index (χ2n) is 5.32. The summed E-state index contributed by atoms with van der Waals surface area (Å²) in [5, 5.41) is 0. The monoisotopic (exact) mass is 243 g/mol. The first-order chi connectivity index (χ1) is 8.63. The lowest BCUT2D eigenvalue weighted by molar-refractivity contribution is 0.440. The maximum atomic E-state index is 11.3. The summed E-state index contributed by atoms with van der Waals surface area (Å²) in [6.45, 7) is 4.48. The van der Waals surface area contributed by atoms with Crippen LogP contribution < -0.4 is 5.56 Å². The van der Waals surface area contributed by atoms with Crippen LogP contribution in [0.2, 0.25) is 0 Å². The average Bonchev–Trinajstić information content (AvgIpc) is 2.73. The van der Waals surface area contributed by atoms with Crippen LogP contribution in [0.15, 0.2) is 23.0 Å². The molecule has 18 heavy (non-hydrogen) atoms. The molecule has 2 aromatic rings. The molecule has 2 heterocycles. The van der Waals surface area contributed by atoms with Gasteiger partial charge in [-0.05, 0) is 24.8 Å². The van der Waals surface area contributed by atoms with E-state index in [1.807, 2.05) is 6.07 Å². The van der Waals surface area contributed by atoms with Gasteiger partial charge >= 0.3 is 0 Å².